The molecule has 0 bridgehead atoms. The van der Waals surface area contributed by atoms with Crippen molar-refractivity contribution < 1.29 is 0 Å². The zero-order valence-corrected chi connectivity index (χ0v) is 17.5. The van der Waals surface area contributed by atoms with Crippen molar-refractivity contribution in [1.82, 2.24) is 5.32 Å². The lowest BCUT2D eigenvalue weighted by molar-refractivity contribution is 0.529. The van der Waals surface area contributed by atoms with Crippen LogP contribution in [0.1, 0.15) is 40.6 Å². The summed E-state index contributed by atoms with van der Waals surface area (Å²) in [5.41, 5.74) is 30.5. The fourth-order valence-corrected chi connectivity index (χ4v) is 3.39. The highest BCUT2D eigenvalue weighted by Gasteiger charge is 2.13. The summed E-state index contributed by atoms with van der Waals surface area (Å²) in [5.74, 6) is -0.182. The molecule has 0 radical (unpaired) electrons. The summed E-state index contributed by atoms with van der Waals surface area (Å²) >= 11 is 0. The Morgan fingerprint density at radius 2 is 1.39 bits per heavy atom. The van der Waals surface area contributed by atoms with E-state index in [9.17, 15) is 0 Å². The number of hydrogen-bond acceptors (Lipinski definition) is 4. The second kappa shape index (κ2) is 13.5. The molecule has 0 heterocycles. The van der Waals surface area contributed by atoms with Gasteiger partial charge < -0.3 is 5.32 Å². The first-order chi connectivity index (χ1) is 15.2. The maximum absolute atomic E-state index is 8.75. The van der Waals surface area contributed by atoms with E-state index in [1.165, 1.54) is 11.1 Å². The van der Waals surface area contributed by atoms with Crippen molar-refractivity contribution in [3.05, 3.63) is 102 Å². The SMILES string of the molecule is Cc1ccccc1CCCNC(CN=[N+]=[N-])c1ccc(C(CN=[N+]=[N-])CN=[N+]=[N-])cc1. The van der Waals surface area contributed by atoms with Crippen molar-refractivity contribution in [1.29, 1.82) is 0 Å². The third-order valence-corrected chi connectivity index (χ3v) is 5.14. The molecule has 10 nitrogen and oxygen atoms in total. The molecule has 1 unspecified atom stereocenters. The summed E-state index contributed by atoms with van der Waals surface area (Å²) in [6.07, 6.45) is 1.95. The van der Waals surface area contributed by atoms with Crippen LogP contribution in [0.4, 0.5) is 0 Å². The normalized spacial score (nSPS) is 12.0. The van der Waals surface area contributed by atoms with E-state index < -0.39 is 0 Å². The molecular weight excluding hydrogens is 392 g/mol. The average Bonchev–Trinajstić information content (AvgIpc) is 2.80. The highest BCUT2D eigenvalue weighted by Crippen LogP contribution is 2.21. The lowest BCUT2D eigenvalue weighted by atomic mass is 9.96. The first kappa shape index (κ1) is 23.6. The van der Waals surface area contributed by atoms with E-state index >= 15 is 0 Å². The van der Waals surface area contributed by atoms with Gasteiger partial charge in [-0.1, -0.05) is 63.9 Å². The molecule has 0 saturated heterocycles. The van der Waals surface area contributed by atoms with Crippen molar-refractivity contribution >= 4 is 0 Å². The molecule has 1 atom stereocenters. The molecule has 0 aliphatic carbocycles. The van der Waals surface area contributed by atoms with Crippen LogP contribution in [0.15, 0.2) is 63.9 Å². The minimum absolute atomic E-state index is 0.102. The molecule has 1 N–H and O–H groups in total. The average molecular weight is 419 g/mol. The van der Waals surface area contributed by atoms with E-state index in [1.807, 2.05) is 30.3 Å². The van der Waals surface area contributed by atoms with Crippen molar-refractivity contribution in [2.75, 3.05) is 26.2 Å². The number of nitrogens with one attached hydrogen (secondary N) is 1. The summed E-state index contributed by atoms with van der Waals surface area (Å²) in [5, 5.41) is 14.4. The molecule has 0 fully saturated rings. The Balaban J connectivity index is 2.03. The van der Waals surface area contributed by atoms with Gasteiger partial charge in [0, 0.05) is 40.4 Å². The van der Waals surface area contributed by atoms with E-state index in [4.69, 9.17) is 16.6 Å². The van der Waals surface area contributed by atoms with Gasteiger partial charge in [0.2, 0.25) is 0 Å². The zero-order valence-electron chi connectivity index (χ0n) is 17.5. The van der Waals surface area contributed by atoms with Gasteiger partial charge >= 0.3 is 0 Å². The third kappa shape index (κ3) is 7.93. The highest BCUT2D eigenvalue weighted by atomic mass is 15.2. The summed E-state index contributed by atoms with van der Waals surface area (Å²) in [6.45, 7) is 3.65. The van der Waals surface area contributed by atoms with Crippen LogP contribution in [-0.4, -0.2) is 26.2 Å². The first-order valence-electron chi connectivity index (χ1n) is 10.1. The summed E-state index contributed by atoms with van der Waals surface area (Å²) < 4.78 is 0. The Labute approximate surface area is 181 Å². The van der Waals surface area contributed by atoms with Crippen molar-refractivity contribution in [3.8, 4) is 0 Å². The predicted octanol–water partition coefficient (Wildman–Crippen LogP) is 6.27. The van der Waals surface area contributed by atoms with Gasteiger partial charge in [0.25, 0.3) is 0 Å². The monoisotopic (exact) mass is 418 g/mol. The van der Waals surface area contributed by atoms with Crippen LogP contribution in [0, 0.1) is 6.92 Å². The van der Waals surface area contributed by atoms with Crippen molar-refractivity contribution in [2.45, 2.75) is 31.7 Å². The fourth-order valence-electron chi connectivity index (χ4n) is 3.39. The molecule has 2 rings (SSSR count). The van der Waals surface area contributed by atoms with E-state index in [-0.39, 0.29) is 25.0 Å². The standard InChI is InChI=1S/C21H26N10/c1-16-5-2-3-6-17(16)7-4-12-25-21(15-28-31-24)19-10-8-18(9-11-19)20(13-26-29-22)14-27-30-23/h2-3,5-6,8-11,20-21,25H,4,7,12-15H2,1H3. The minimum Gasteiger partial charge on any atom is -0.310 e. The molecule has 160 valence electrons. The van der Waals surface area contributed by atoms with Crippen molar-refractivity contribution in [3.63, 3.8) is 0 Å². The molecule has 0 amide bonds. The zero-order chi connectivity index (χ0) is 22.3. The van der Waals surface area contributed by atoms with E-state index in [1.54, 1.807) is 0 Å². The molecule has 31 heavy (non-hydrogen) atoms. The van der Waals surface area contributed by atoms with Crippen LogP contribution in [0.5, 0.6) is 0 Å². The van der Waals surface area contributed by atoms with E-state index in [0.29, 0.717) is 6.54 Å². The number of nitrogens with zero attached hydrogens (tertiary/aromatic N) is 9. The fraction of sp³-hybridized carbons (Fsp3) is 0.429. The van der Waals surface area contributed by atoms with Gasteiger partial charge in [0.15, 0.2) is 0 Å². The quantitative estimate of drug-likeness (QED) is 0.173. The number of aryl methyl sites for hydroxylation is 2. The second-order valence-electron chi connectivity index (χ2n) is 7.14. The van der Waals surface area contributed by atoms with Gasteiger partial charge in [-0.15, -0.1) is 0 Å². The van der Waals surface area contributed by atoms with Crippen LogP contribution >= 0.6 is 0 Å². The van der Waals surface area contributed by atoms with Crippen LogP contribution in [-0.2, 0) is 6.42 Å². The second-order valence-corrected chi connectivity index (χ2v) is 7.14. The maximum atomic E-state index is 8.75. The number of rotatable bonds is 13. The molecule has 0 aliphatic heterocycles. The van der Waals surface area contributed by atoms with Gasteiger partial charge in [-0.3, -0.25) is 0 Å². The van der Waals surface area contributed by atoms with Crippen LogP contribution < -0.4 is 5.32 Å². The number of benzene rings is 2. The Morgan fingerprint density at radius 1 is 0.806 bits per heavy atom. The van der Waals surface area contributed by atoms with Gasteiger partial charge in [0.1, 0.15) is 0 Å². The van der Waals surface area contributed by atoms with Crippen LogP contribution in [0.3, 0.4) is 0 Å². The molecule has 0 saturated carbocycles. The summed E-state index contributed by atoms with van der Waals surface area (Å²) in [4.78, 5) is 8.48. The predicted molar refractivity (Wildman–Crippen MR) is 121 cm³/mol. The topological polar surface area (TPSA) is 158 Å². The molecule has 0 aromatic heterocycles. The van der Waals surface area contributed by atoms with Crippen LogP contribution in [0.2, 0.25) is 0 Å². The Hall–Kier alpha value is -3.67. The van der Waals surface area contributed by atoms with Gasteiger partial charge in [-0.2, -0.15) is 0 Å². The number of hydrogen-bond donors (Lipinski definition) is 1. The molecule has 0 spiro atoms. The van der Waals surface area contributed by atoms with Gasteiger partial charge in [-0.25, -0.2) is 0 Å². The third-order valence-electron chi connectivity index (χ3n) is 5.14. The Bertz CT molecular complexity index is 948. The van der Waals surface area contributed by atoms with Gasteiger partial charge in [0.05, 0.1) is 0 Å². The molecule has 10 heteroatoms. The largest absolute Gasteiger partial charge is 0.310 e. The minimum atomic E-state index is -0.182. The molecular formula is C21H26N10. The lowest BCUT2D eigenvalue weighted by Gasteiger charge is -2.19. The Morgan fingerprint density at radius 3 is 2.00 bits per heavy atom. The smallest absolute Gasteiger partial charge is 0.0453 e. The molecule has 2 aromatic rings. The van der Waals surface area contributed by atoms with Crippen molar-refractivity contribution in [2.24, 2.45) is 15.3 Å². The Kier molecular flexibility index (Phi) is 10.3. The molecule has 0 aliphatic rings. The van der Waals surface area contributed by atoms with E-state index in [0.717, 1.165) is 30.5 Å². The number of azide groups is 3. The maximum Gasteiger partial charge on any atom is 0.0453 e. The van der Waals surface area contributed by atoms with E-state index in [2.05, 4.69) is 60.5 Å². The molecule has 2 aromatic carbocycles. The first-order valence-corrected chi connectivity index (χ1v) is 10.1. The summed E-state index contributed by atoms with van der Waals surface area (Å²) in [6, 6.07) is 16.0. The summed E-state index contributed by atoms with van der Waals surface area (Å²) in [7, 11) is 0. The van der Waals surface area contributed by atoms with Gasteiger partial charge in [-0.05, 0) is 71.1 Å². The van der Waals surface area contributed by atoms with Crippen LogP contribution in [0.25, 0.3) is 31.3 Å². The lowest BCUT2D eigenvalue weighted by Crippen LogP contribution is -2.25. The highest BCUT2D eigenvalue weighted by molar-refractivity contribution is 5.29.